The van der Waals surface area contributed by atoms with Crippen molar-refractivity contribution in [3.05, 3.63) is 138 Å². The molecule has 0 saturated carbocycles. The summed E-state index contributed by atoms with van der Waals surface area (Å²) in [6.07, 6.45) is 1.41. The van der Waals surface area contributed by atoms with E-state index in [1.54, 1.807) is 12.1 Å². The normalized spacial score (nSPS) is 22.1. The van der Waals surface area contributed by atoms with E-state index in [2.05, 4.69) is 10.5 Å². The first-order valence-electron chi connectivity index (χ1n) is 14.3. The Kier molecular flexibility index (Phi) is 6.86. The van der Waals surface area contributed by atoms with Crippen LogP contribution in [-0.4, -0.2) is 40.9 Å². The number of hydrazone groups is 1. The molecule has 3 amide bonds. The molecule has 4 aromatic rings. The SMILES string of the molecule is COc1ccc([N+](=O)[O-])cc1C(=O)N/N=C\C12c3ccccc3C(c3ccccc31)[C@@H]1C(=O)N(c3ccc(Cl)cc3[N+](=O)[O-])C(=O)[C@H]12. The van der Waals surface area contributed by atoms with Gasteiger partial charge >= 0.3 is 0 Å². The van der Waals surface area contributed by atoms with Gasteiger partial charge in [-0.3, -0.25) is 34.6 Å². The van der Waals surface area contributed by atoms with Gasteiger partial charge in [0.1, 0.15) is 11.4 Å². The van der Waals surface area contributed by atoms with Gasteiger partial charge in [-0.05, 0) is 40.5 Å². The van der Waals surface area contributed by atoms with E-state index in [1.807, 2.05) is 36.4 Å². The van der Waals surface area contributed by atoms with Crippen molar-refractivity contribution in [2.75, 3.05) is 12.0 Å². The van der Waals surface area contributed by atoms with Gasteiger partial charge in [-0.2, -0.15) is 5.10 Å². The number of nitrogens with one attached hydrogen (secondary N) is 1. The van der Waals surface area contributed by atoms with E-state index < -0.39 is 56.4 Å². The van der Waals surface area contributed by atoms with E-state index in [4.69, 9.17) is 16.3 Å². The van der Waals surface area contributed by atoms with E-state index in [9.17, 15) is 34.6 Å². The molecule has 1 fully saturated rings. The van der Waals surface area contributed by atoms with Gasteiger partial charge in [-0.25, -0.2) is 10.3 Å². The number of nitrogens with zero attached hydrogens (tertiary/aromatic N) is 4. The Morgan fingerprint density at radius 3 is 2.21 bits per heavy atom. The van der Waals surface area contributed by atoms with Crippen molar-refractivity contribution in [3.63, 3.8) is 0 Å². The molecule has 1 aliphatic heterocycles. The molecule has 0 unspecified atom stereocenters. The van der Waals surface area contributed by atoms with Gasteiger partial charge < -0.3 is 4.74 Å². The molecule has 1 saturated heterocycles. The number of ether oxygens (including phenoxy) is 1. The van der Waals surface area contributed by atoms with Crippen LogP contribution in [0.25, 0.3) is 0 Å². The Bertz CT molecular complexity index is 2050. The van der Waals surface area contributed by atoms with E-state index in [-0.39, 0.29) is 27.7 Å². The van der Waals surface area contributed by atoms with Crippen LogP contribution in [0.3, 0.4) is 0 Å². The quantitative estimate of drug-likeness (QED) is 0.124. The molecular weight excluding hydrogens is 630 g/mol. The molecule has 2 atom stereocenters. The molecule has 1 heterocycles. The molecule has 14 heteroatoms. The van der Waals surface area contributed by atoms with Crippen molar-refractivity contribution >= 4 is 52.6 Å². The molecule has 8 rings (SSSR count). The number of hydrogen-bond acceptors (Lipinski definition) is 9. The van der Waals surface area contributed by atoms with E-state index in [0.717, 1.165) is 28.2 Å². The summed E-state index contributed by atoms with van der Waals surface area (Å²) in [6, 6.07) is 21.9. The Hall–Kier alpha value is -5.95. The maximum absolute atomic E-state index is 14.5. The summed E-state index contributed by atoms with van der Waals surface area (Å²) in [5, 5.41) is 27.8. The van der Waals surface area contributed by atoms with E-state index in [0.29, 0.717) is 11.1 Å². The minimum atomic E-state index is -1.39. The number of nitro benzene ring substituents is 2. The van der Waals surface area contributed by atoms with Gasteiger partial charge in [-0.15, -0.1) is 0 Å². The number of non-ortho nitro benzene ring substituents is 1. The number of rotatable bonds is 7. The van der Waals surface area contributed by atoms with Gasteiger partial charge in [0, 0.05) is 35.4 Å². The lowest BCUT2D eigenvalue weighted by atomic mass is 9.47. The molecule has 47 heavy (non-hydrogen) atoms. The number of benzene rings is 4. The minimum Gasteiger partial charge on any atom is -0.496 e. The van der Waals surface area contributed by atoms with Crippen LogP contribution in [0, 0.1) is 32.1 Å². The number of carbonyl (C=O) groups is 3. The van der Waals surface area contributed by atoms with E-state index in [1.165, 1.54) is 37.6 Å². The topological polar surface area (TPSA) is 174 Å². The van der Waals surface area contributed by atoms with Crippen LogP contribution in [-0.2, 0) is 15.0 Å². The third-order valence-electron chi connectivity index (χ3n) is 9.13. The second-order valence-electron chi connectivity index (χ2n) is 11.3. The smallest absolute Gasteiger partial charge is 0.294 e. The highest BCUT2D eigenvalue weighted by atomic mass is 35.5. The zero-order chi connectivity index (χ0) is 33.2. The van der Waals surface area contributed by atoms with Crippen LogP contribution in [0.2, 0.25) is 5.02 Å². The van der Waals surface area contributed by atoms with Crippen molar-refractivity contribution in [2.45, 2.75) is 11.3 Å². The largest absolute Gasteiger partial charge is 0.496 e. The van der Waals surface area contributed by atoms with Crippen LogP contribution in [0.15, 0.2) is 90.0 Å². The third kappa shape index (κ3) is 4.23. The average Bonchev–Trinajstić information content (AvgIpc) is 3.34. The van der Waals surface area contributed by atoms with Crippen LogP contribution in [0.5, 0.6) is 5.75 Å². The molecule has 3 aliphatic carbocycles. The third-order valence-corrected chi connectivity index (χ3v) is 9.37. The molecule has 0 spiro atoms. The molecule has 4 aromatic carbocycles. The highest BCUT2D eigenvalue weighted by Crippen LogP contribution is 2.64. The summed E-state index contributed by atoms with van der Waals surface area (Å²) in [5.41, 5.74) is 2.77. The van der Waals surface area contributed by atoms with Crippen LogP contribution >= 0.6 is 11.6 Å². The summed E-state index contributed by atoms with van der Waals surface area (Å²) < 4.78 is 5.23. The number of hydrogen-bond donors (Lipinski definition) is 1. The van der Waals surface area contributed by atoms with Crippen LogP contribution in [0.4, 0.5) is 17.1 Å². The maximum atomic E-state index is 14.5. The zero-order valence-electron chi connectivity index (χ0n) is 24.3. The van der Waals surface area contributed by atoms with Gasteiger partial charge in [0.2, 0.25) is 11.8 Å². The molecule has 0 aromatic heterocycles. The Morgan fingerprint density at radius 1 is 0.936 bits per heavy atom. The van der Waals surface area contributed by atoms with Gasteiger partial charge in [-0.1, -0.05) is 60.1 Å². The predicted molar refractivity (Wildman–Crippen MR) is 169 cm³/mol. The van der Waals surface area contributed by atoms with Crippen molar-refractivity contribution < 1.29 is 29.0 Å². The highest BCUT2D eigenvalue weighted by Gasteiger charge is 2.68. The van der Waals surface area contributed by atoms with Crippen molar-refractivity contribution in [1.29, 1.82) is 0 Å². The van der Waals surface area contributed by atoms with E-state index >= 15 is 0 Å². The molecule has 234 valence electrons. The first-order chi connectivity index (χ1) is 22.6. The second-order valence-corrected chi connectivity index (χ2v) is 11.7. The summed E-state index contributed by atoms with van der Waals surface area (Å²) in [4.78, 5) is 65.1. The van der Waals surface area contributed by atoms with Gasteiger partial charge in [0.15, 0.2) is 0 Å². The number of amides is 3. The summed E-state index contributed by atoms with van der Waals surface area (Å²) in [5.74, 6) is -4.60. The first-order valence-corrected chi connectivity index (χ1v) is 14.7. The molecular formula is C33H22ClN5O8. The fourth-order valence-electron chi connectivity index (χ4n) is 7.36. The van der Waals surface area contributed by atoms with Crippen molar-refractivity contribution in [1.82, 2.24) is 5.43 Å². The number of nitro groups is 2. The number of carbonyl (C=O) groups excluding carboxylic acids is 3. The Morgan fingerprint density at radius 2 is 1.60 bits per heavy atom. The molecule has 13 nitrogen and oxygen atoms in total. The van der Waals surface area contributed by atoms with Gasteiger partial charge in [0.05, 0.1) is 39.8 Å². The fraction of sp³-hybridized carbons (Fsp3) is 0.152. The lowest BCUT2D eigenvalue weighted by Crippen LogP contribution is -2.54. The fourth-order valence-corrected chi connectivity index (χ4v) is 7.53. The molecule has 1 N–H and O–H groups in total. The number of anilines is 1. The number of imide groups is 1. The molecule has 2 bridgehead atoms. The van der Waals surface area contributed by atoms with Crippen LogP contribution in [0.1, 0.15) is 38.5 Å². The van der Waals surface area contributed by atoms with Crippen molar-refractivity contribution in [3.8, 4) is 5.75 Å². The van der Waals surface area contributed by atoms with Crippen molar-refractivity contribution in [2.24, 2.45) is 16.9 Å². The maximum Gasteiger partial charge on any atom is 0.294 e. The highest BCUT2D eigenvalue weighted by molar-refractivity contribution is 6.31. The number of halogens is 1. The Balaban J connectivity index is 1.39. The predicted octanol–water partition coefficient (Wildman–Crippen LogP) is 5.13. The van der Waals surface area contributed by atoms with Crippen LogP contribution < -0.4 is 15.1 Å². The minimum absolute atomic E-state index is 0.0663. The standard InChI is InChI=1S/C33H22ClN5O8/c1-47-26-13-11-18(38(43)44)15-21(26)30(40)36-35-16-33-22-8-4-2-6-19(22)27(20-7-3-5-9-23(20)33)28-29(33)32(42)37(31(28)41)24-12-10-17(34)14-25(24)39(45)46/h2-16,27-29H,1H3,(H,36,40)/b35-16-/t27?,28-,29-,33?/m0/s1. The summed E-state index contributed by atoms with van der Waals surface area (Å²) >= 11 is 6.05. The first kappa shape index (κ1) is 29.7. The molecule has 4 aliphatic rings. The second kappa shape index (κ2) is 10.8. The Labute approximate surface area is 270 Å². The average molecular weight is 652 g/mol. The zero-order valence-corrected chi connectivity index (χ0v) is 25.1. The van der Waals surface area contributed by atoms with Gasteiger partial charge in [0.25, 0.3) is 17.3 Å². The summed E-state index contributed by atoms with van der Waals surface area (Å²) in [6.45, 7) is 0. The lowest BCUT2D eigenvalue weighted by Gasteiger charge is -2.52. The number of methoxy groups -OCH3 is 1. The monoisotopic (exact) mass is 651 g/mol. The lowest BCUT2D eigenvalue weighted by molar-refractivity contribution is -0.384. The molecule has 0 radical (unpaired) electrons. The summed E-state index contributed by atoms with van der Waals surface area (Å²) in [7, 11) is 1.31.